The van der Waals surface area contributed by atoms with Crippen molar-refractivity contribution in [2.45, 2.75) is 19.3 Å². The van der Waals surface area contributed by atoms with Crippen molar-refractivity contribution in [2.24, 2.45) is 0 Å². The van der Waals surface area contributed by atoms with Crippen LogP contribution in [-0.4, -0.2) is 40.6 Å². The maximum absolute atomic E-state index is 9.73. The Morgan fingerprint density at radius 1 is 1.62 bits per heavy atom. The van der Waals surface area contributed by atoms with Gasteiger partial charge < -0.3 is 5.11 Å². The molecule has 0 aromatic carbocycles. The fraction of sp³-hybridized carbons (Fsp3) is 0.600. The fourth-order valence-electron chi connectivity index (χ4n) is 0.276. The van der Waals surface area contributed by atoms with Gasteiger partial charge in [-0.1, -0.05) is 13.3 Å². The molecule has 0 fully saturated rings. The predicted octanol–water partition coefficient (Wildman–Crippen LogP) is 0.427. The van der Waals surface area contributed by atoms with Gasteiger partial charge in [-0.2, -0.15) is 0 Å². The van der Waals surface area contributed by atoms with Crippen LogP contribution in [0.5, 0.6) is 0 Å². The molecule has 0 saturated heterocycles. The molecule has 0 rings (SSSR count). The third-order valence-electron chi connectivity index (χ3n) is 0.641. The molecule has 0 heterocycles. The SMILES string of the molecule is [CH2]CCCC(=O)O.[NaH]. The molecule has 0 aliphatic heterocycles. The van der Waals surface area contributed by atoms with Gasteiger partial charge >= 0.3 is 35.5 Å². The van der Waals surface area contributed by atoms with E-state index in [0.29, 0.717) is 12.8 Å². The number of carbonyl (C=O) groups is 1. The normalized spacial score (nSPS) is 7.62. The first-order valence-electron chi connectivity index (χ1n) is 2.28. The van der Waals surface area contributed by atoms with E-state index in [4.69, 9.17) is 5.11 Å². The molecule has 0 aliphatic carbocycles. The molecule has 0 spiro atoms. The minimum atomic E-state index is -0.733. The Labute approximate surface area is 71.6 Å². The van der Waals surface area contributed by atoms with E-state index in [1.54, 1.807) is 0 Å². The molecule has 1 N–H and O–H groups in total. The molecule has 43 valence electrons. The number of carboxylic acids is 1. The van der Waals surface area contributed by atoms with Crippen molar-refractivity contribution < 1.29 is 9.90 Å². The van der Waals surface area contributed by atoms with E-state index in [2.05, 4.69) is 6.92 Å². The Balaban J connectivity index is 0. The molecule has 0 amide bonds. The van der Waals surface area contributed by atoms with E-state index in [-0.39, 0.29) is 36.0 Å². The Bertz CT molecular complexity index is 63.4. The molecule has 0 bridgehead atoms. The summed E-state index contributed by atoms with van der Waals surface area (Å²) in [5.41, 5.74) is 0. The summed E-state index contributed by atoms with van der Waals surface area (Å²) in [6.45, 7) is 3.49. The summed E-state index contributed by atoms with van der Waals surface area (Å²) >= 11 is 0. The zero-order valence-electron chi connectivity index (χ0n) is 4.18. The first kappa shape index (κ1) is 11.3. The number of hydrogen-bond donors (Lipinski definition) is 1. The first-order chi connectivity index (χ1) is 3.27. The number of unbranched alkanes of at least 4 members (excludes halogenated alkanes) is 1. The van der Waals surface area contributed by atoms with Gasteiger partial charge in [-0.25, -0.2) is 0 Å². The summed E-state index contributed by atoms with van der Waals surface area (Å²) in [5, 5.41) is 8.02. The molecule has 0 aliphatic rings. The molecule has 0 atom stereocenters. The van der Waals surface area contributed by atoms with Crippen LogP contribution in [0, 0.1) is 6.92 Å². The quantitative estimate of drug-likeness (QED) is 0.555. The zero-order valence-corrected chi connectivity index (χ0v) is 4.18. The van der Waals surface area contributed by atoms with Gasteiger partial charge in [0.15, 0.2) is 0 Å². The zero-order chi connectivity index (χ0) is 5.70. The fourth-order valence-corrected chi connectivity index (χ4v) is 0.276. The Morgan fingerprint density at radius 2 is 2.12 bits per heavy atom. The van der Waals surface area contributed by atoms with Crippen LogP contribution >= 0.6 is 0 Å². The summed E-state index contributed by atoms with van der Waals surface area (Å²) < 4.78 is 0. The van der Waals surface area contributed by atoms with Crippen LogP contribution in [-0.2, 0) is 4.79 Å². The van der Waals surface area contributed by atoms with Crippen molar-refractivity contribution in [2.75, 3.05) is 0 Å². The molecule has 0 saturated carbocycles. The Hall–Kier alpha value is 0.470. The maximum atomic E-state index is 9.73. The topological polar surface area (TPSA) is 37.3 Å². The molecular formula is C5H10NaO2. The van der Waals surface area contributed by atoms with Crippen LogP contribution in [0.1, 0.15) is 19.3 Å². The standard InChI is InChI=1S/C5H9O2.Na.H/c1-2-3-4-5(6)7;;/h1-4H2,(H,6,7);;. The van der Waals surface area contributed by atoms with E-state index in [0.717, 1.165) is 0 Å². The van der Waals surface area contributed by atoms with Gasteiger partial charge in [-0.05, 0) is 6.42 Å². The molecular weight excluding hydrogens is 115 g/mol. The number of hydrogen-bond acceptors (Lipinski definition) is 1. The van der Waals surface area contributed by atoms with Crippen molar-refractivity contribution in [1.29, 1.82) is 0 Å². The monoisotopic (exact) mass is 125 g/mol. The molecule has 1 radical (unpaired) electrons. The van der Waals surface area contributed by atoms with Crippen molar-refractivity contribution in [3.8, 4) is 0 Å². The minimum absolute atomic E-state index is 0. The van der Waals surface area contributed by atoms with E-state index in [1.165, 1.54) is 0 Å². The number of aliphatic carboxylic acids is 1. The summed E-state index contributed by atoms with van der Waals surface area (Å²) in [6.07, 6.45) is 1.66. The Morgan fingerprint density at radius 3 is 2.25 bits per heavy atom. The van der Waals surface area contributed by atoms with Crippen molar-refractivity contribution in [1.82, 2.24) is 0 Å². The number of carboxylic acid groups (broad SMARTS) is 1. The molecule has 0 aromatic rings. The first-order valence-corrected chi connectivity index (χ1v) is 2.28. The van der Waals surface area contributed by atoms with E-state index < -0.39 is 5.97 Å². The second kappa shape index (κ2) is 7.47. The van der Waals surface area contributed by atoms with Crippen molar-refractivity contribution in [3.05, 3.63) is 6.92 Å². The number of rotatable bonds is 3. The molecule has 8 heavy (non-hydrogen) atoms. The van der Waals surface area contributed by atoms with Crippen LogP contribution < -0.4 is 0 Å². The summed E-state index contributed by atoms with van der Waals surface area (Å²) in [4.78, 5) is 9.73. The van der Waals surface area contributed by atoms with Gasteiger partial charge in [0.05, 0.1) is 0 Å². The molecule has 0 unspecified atom stereocenters. The molecule has 2 nitrogen and oxygen atoms in total. The van der Waals surface area contributed by atoms with Gasteiger partial charge in [0.1, 0.15) is 0 Å². The van der Waals surface area contributed by atoms with Gasteiger partial charge in [0.2, 0.25) is 0 Å². The second-order valence-electron chi connectivity index (χ2n) is 1.35. The van der Waals surface area contributed by atoms with Crippen LogP contribution in [0.2, 0.25) is 0 Å². The van der Waals surface area contributed by atoms with Gasteiger partial charge in [-0.15, -0.1) is 0 Å². The van der Waals surface area contributed by atoms with Crippen LogP contribution in [0.3, 0.4) is 0 Å². The van der Waals surface area contributed by atoms with Crippen LogP contribution in [0.4, 0.5) is 0 Å². The third kappa shape index (κ3) is 9.69. The predicted molar refractivity (Wildman–Crippen MR) is 34.0 cm³/mol. The average Bonchev–Trinajstić information content (AvgIpc) is 1.61. The third-order valence-corrected chi connectivity index (χ3v) is 0.641. The van der Waals surface area contributed by atoms with E-state index in [9.17, 15) is 4.79 Å². The van der Waals surface area contributed by atoms with Gasteiger partial charge in [-0.3, -0.25) is 4.79 Å². The second-order valence-corrected chi connectivity index (χ2v) is 1.35. The van der Waals surface area contributed by atoms with E-state index >= 15 is 0 Å². The van der Waals surface area contributed by atoms with E-state index in [1.807, 2.05) is 0 Å². The van der Waals surface area contributed by atoms with Gasteiger partial charge in [0, 0.05) is 6.42 Å². The van der Waals surface area contributed by atoms with Crippen molar-refractivity contribution >= 4 is 35.5 Å². The van der Waals surface area contributed by atoms with Gasteiger partial charge in [0.25, 0.3) is 0 Å². The average molecular weight is 125 g/mol. The molecule has 0 aromatic heterocycles. The van der Waals surface area contributed by atoms with Crippen LogP contribution in [0.25, 0.3) is 0 Å². The Kier molecular flexibility index (Phi) is 10.5. The summed E-state index contributed by atoms with van der Waals surface area (Å²) in [7, 11) is 0. The van der Waals surface area contributed by atoms with Crippen LogP contribution in [0.15, 0.2) is 0 Å². The van der Waals surface area contributed by atoms with Crippen molar-refractivity contribution in [3.63, 3.8) is 0 Å². The molecule has 3 heteroatoms. The summed E-state index contributed by atoms with van der Waals surface area (Å²) in [6, 6.07) is 0. The summed E-state index contributed by atoms with van der Waals surface area (Å²) in [5.74, 6) is -0.733.